The van der Waals surface area contributed by atoms with Gasteiger partial charge in [-0.25, -0.2) is 0 Å². The van der Waals surface area contributed by atoms with Crippen molar-refractivity contribution in [2.24, 2.45) is 23.1 Å². The van der Waals surface area contributed by atoms with E-state index in [4.69, 9.17) is 17.2 Å². The number of rotatable bonds is 21. The minimum Gasteiger partial charge on any atom is -0.508 e. The molecule has 0 bridgehead atoms. The fourth-order valence-electron chi connectivity index (χ4n) is 11.0. The fourth-order valence-corrected chi connectivity index (χ4v) is 11.0. The number of H-pyrrole nitrogens is 1. The number of hydrogen-bond donors (Lipinski definition) is 12. The first-order chi connectivity index (χ1) is 43.2. The first kappa shape index (κ1) is 68.0. The van der Waals surface area contributed by atoms with E-state index in [1.807, 2.05) is 24.3 Å². The largest absolute Gasteiger partial charge is 0.508 e. The number of aromatic nitrogens is 1. The van der Waals surface area contributed by atoms with Crippen LogP contribution in [0.3, 0.4) is 0 Å². The molecule has 0 spiro atoms. The van der Waals surface area contributed by atoms with Gasteiger partial charge in [-0.15, -0.1) is 0 Å². The van der Waals surface area contributed by atoms with Crippen molar-refractivity contribution in [1.82, 2.24) is 46.7 Å². The highest BCUT2D eigenvalue weighted by molar-refractivity contribution is 5.99. The zero-order valence-corrected chi connectivity index (χ0v) is 51.0. The molecule has 9 atom stereocenters. The van der Waals surface area contributed by atoms with Crippen LogP contribution in [-0.4, -0.2) is 159 Å². The molecule has 1 aliphatic heterocycles. The van der Waals surface area contributed by atoms with E-state index in [-0.39, 0.29) is 70.3 Å². The Morgan fingerprint density at radius 3 is 1.82 bits per heavy atom. The Kier molecular flexibility index (Phi) is 25.1. The van der Waals surface area contributed by atoms with E-state index in [1.54, 1.807) is 123 Å². The molecule has 15 N–H and O–H groups in total. The van der Waals surface area contributed by atoms with Gasteiger partial charge >= 0.3 is 0 Å². The van der Waals surface area contributed by atoms with Crippen molar-refractivity contribution in [3.8, 4) is 5.75 Å². The summed E-state index contributed by atoms with van der Waals surface area (Å²) in [7, 11) is 0. The van der Waals surface area contributed by atoms with E-state index in [1.165, 1.54) is 24.0 Å². The van der Waals surface area contributed by atoms with Crippen LogP contribution in [0.2, 0.25) is 0 Å². The summed E-state index contributed by atoms with van der Waals surface area (Å²) in [6, 6.07) is 28.1. The van der Waals surface area contributed by atoms with Gasteiger partial charge in [-0.3, -0.25) is 43.2 Å². The molecule has 2 heterocycles. The maximum absolute atomic E-state index is 15.6. The molecule has 5 aromatic carbocycles. The maximum Gasteiger partial charge on any atom is 0.246 e. The fraction of sp³-hybridized carbons (Fsp3) is 0.388. The first-order valence-electron chi connectivity index (χ1n) is 30.5. The average Bonchev–Trinajstić information content (AvgIpc) is 4.17. The molecule has 0 saturated carbocycles. The number of benzene rings is 5. The van der Waals surface area contributed by atoms with Crippen LogP contribution in [0.25, 0.3) is 10.9 Å². The number of para-hydroxylation sites is 1. The van der Waals surface area contributed by atoms with Crippen LogP contribution in [0.15, 0.2) is 146 Å². The molecule has 1 saturated heterocycles. The van der Waals surface area contributed by atoms with Crippen molar-refractivity contribution in [2.75, 3.05) is 26.2 Å². The van der Waals surface area contributed by atoms with Crippen molar-refractivity contribution >= 4 is 64.1 Å². The summed E-state index contributed by atoms with van der Waals surface area (Å²) in [5, 5.41) is 38.5. The van der Waals surface area contributed by atoms with E-state index >= 15 is 28.8 Å². The summed E-state index contributed by atoms with van der Waals surface area (Å²) in [6.07, 6.45) is 0.312. The number of aliphatic hydroxyl groups is 1. The van der Waals surface area contributed by atoms with Gasteiger partial charge in [-0.2, -0.15) is 0 Å². The Morgan fingerprint density at radius 1 is 0.656 bits per heavy atom. The van der Waals surface area contributed by atoms with Crippen molar-refractivity contribution in [3.63, 3.8) is 0 Å². The lowest BCUT2D eigenvalue weighted by atomic mass is 9.97. The summed E-state index contributed by atoms with van der Waals surface area (Å²) in [5.41, 5.74) is 22.0. The van der Waals surface area contributed by atoms with Crippen molar-refractivity contribution in [3.05, 3.63) is 174 Å². The Morgan fingerprint density at radius 2 is 1.21 bits per heavy atom. The zero-order chi connectivity index (χ0) is 64.9. The topological polar surface area (TPSA) is 367 Å². The van der Waals surface area contributed by atoms with Gasteiger partial charge in [0, 0.05) is 55.9 Å². The molecule has 478 valence electrons. The molecular formula is C67H84N12O11. The second-order valence-corrected chi connectivity index (χ2v) is 23.2. The number of nitrogens with zero attached hydrogens (tertiary/aromatic N) is 2. The van der Waals surface area contributed by atoms with E-state index in [0.717, 1.165) is 15.8 Å². The number of nitrogens with one attached hydrogen (secondary N) is 7. The van der Waals surface area contributed by atoms with Crippen LogP contribution in [0.1, 0.15) is 74.3 Å². The number of aliphatic hydroxyl groups excluding tert-OH is 1. The Bertz CT molecular complexity index is 3390. The monoisotopic (exact) mass is 1230 g/mol. The summed E-state index contributed by atoms with van der Waals surface area (Å²) >= 11 is 0. The van der Waals surface area contributed by atoms with Gasteiger partial charge < -0.3 is 74.1 Å². The van der Waals surface area contributed by atoms with Gasteiger partial charge in [0.25, 0.3) is 0 Å². The number of amides is 9. The standard InChI is InChI=1S/C67H84N12O11/c1-41(2)58-67(90)78(55(36-44-20-9-5-10-21-44)65(88)77-59(42(3)80)60(70)83)33-17-32-71-57(82)40-79(66(89)50(69)34-43-18-7-4-8-19-43)56(37-45-22-11-6-12-23-45)64(87)75-53(35-46-27-29-48(81)30-28-46)62(85)74-54(38-47-39-72-51-25-14-13-24-49(47)51)63(86)73-52(61(84)76-58)26-15-16-31-68/h4-14,18-25,27-30,39,41-42,50,52-56,58-59,72,80-81H,15-17,26,31-38,40,68-69H2,1-3H3,(H2,70,83)(H,71,82)(H,73,86)(H,74,85)(H,75,87)(H,76,84)(H,77,88)/t42-,50-,52+,53+,54-,55+,56+,58+,59+/m1/s1. The minimum atomic E-state index is -1.58. The molecule has 23 nitrogen and oxygen atoms in total. The Balaban J connectivity index is 1.38. The van der Waals surface area contributed by atoms with Crippen LogP contribution < -0.4 is 49.1 Å². The number of primary amides is 1. The SMILES string of the molecule is CC(C)[C@@H]1NC(=O)[C@H](CCCCN)NC(=O)[C@@H](Cc2c[nH]c3ccccc23)NC(=O)[C@H](Cc2ccc(O)cc2)NC(=O)[C@H](Cc2ccccc2)N(C(=O)[C@H](N)Cc2ccccc2)CC(=O)NCCCN([C@@H](Cc2ccccc2)C(=O)N[C@H](C(N)=O)[C@@H](C)O)C1=O. The van der Waals surface area contributed by atoms with Crippen LogP contribution in [0, 0.1) is 5.92 Å². The third kappa shape index (κ3) is 19.3. The number of phenols is 1. The molecule has 9 amide bonds. The lowest BCUT2D eigenvalue weighted by Crippen LogP contribution is -2.63. The van der Waals surface area contributed by atoms with Gasteiger partial charge in [0.1, 0.15) is 54.6 Å². The lowest BCUT2D eigenvalue weighted by Gasteiger charge is -2.36. The van der Waals surface area contributed by atoms with Crippen LogP contribution in [-0.2, 0) is 75.3 Å². The van der Waals surface area contributed by atoms with Gasteiger partial charge in [-0.05, 0) is 97.5 Å². The molecule has 23 heteroatoms. The zero-order valence-electron chi connectivity index (χ0n) is 51.0. The van der Waals surface area contributed by atoms with Crippen LogP contribution in [0.4, 0.5) is 0 Å². The molecule has 1 fully saturated rings. The van der Waals surface area contributed by atoms with E-state index in [2.05, 4.69) is 36.9 Å². The highest BCUT2D eigenvalue weighted by atomic mass is 16.3. The molecule has 1 aromatic heterocycles. The van der Waals surface area contributed by atoms with Crippen molar-refractivity contribution < 1.29 is 53.4 Å². The number of aromatic amines is 1. The molecule has 7 rings (SSSR count). The predicted molar refractivity (Wildman–Crippen MR) is 339 cm³/mol. The van der Waals surface area contributed by atoms with Crippen molar-refractivity contribution in [2.45, 2.75) is 133 Å². The Hall–Kier alpha value is -9.45. The highest BCUT2D eigenvalue weighted by Crippen LogP contribution is 2.22. The summed E-state index contributed by atoms with van der Waals surface area (Å²) in [5.74, 6) is -8.28. The molecule has 90 heavy (non-hydrogen) atoms. The van der Waals surface area contributed by atoms with E-state index in [9.17, 15) is 24.6 Å². The van der Waals surface area contributed by atoms with Crippen LogP contribution in [0.5, 0.6) is 5.75 Å². The van der Waals surface area contributed by atoms with Gasteiger partial charge in [-0.1, -0.05) is 135 Å². The second-order valence-electron chi connectivity index (χ2n) is 23.2. The van der Waals surface area contributed by atoms with Gasteiger partial charge in [0.15, 0.2) is 0 Å². The van der Waals surface area contributed by atoms with Gasteiger partial charge in [0.05, 0.1) is 12.1 Å². The third-order valence-electron chi connectivity index (χ3n) is 15.9. The highest BCUT2D eigenvalue weighted by Gasteiger charge is 2.41. The number of carbonyl (C=O) groups excluding carboxylic acids is 9. The molecule has 0 aliphatic carbocycles. The van der Waals surface area contributed by atoms with Gasteiger partial charge in [0.2, 0.25) is 53.2 Å². The number of phenolic OH excluding ortho intramolecular Hbond substituents is 1. The number of unbranched alkanes of at least 4 members (excludes halogenated alkanes) is 1. The Labute approximate surface area is 523 Å². The smallest absolute Gasteiger partial charge is 0.246 e. The maximum atomic E-state index is 15.6. The second kappa shape index (κ2) is 33.2. The molecular weight excluding hydrogens is 1150 g/mol. The molecule has 0 unspecified atom stereocenters. The molecule has 1 aliphatic rings. The predicted octanol–water partition coefficient (Wildman–Crippen LogP) is 1.70. The van der Waals surface area contributed by atoms with E-state index in [0.29, 0.717) is 40.7 Å². The summed E-state index contributed by atoms with van der Waals surface area (Å²) in [4.78, 5) is 139. The van der Waals surface area contributed by atoms with Crippen molar-refractivity contribution in [1.29, 1.82) is 0 Å². The summed E-state index contributed by atoms with van der Waals surface area (Å²) < 4.78 is 0. The average molecular weight is 1230 g/mol. The molecule has 6 aromatic rings. The third-order valence-corrected chi connectivity index (χ3v) is 15.9. The lowest BCUT2D eigenvalue weighted by molar-refractivity contribution is -0.146. The minimum absolute atomic E-state index is 0.00787. The normalized spacial score (nSPS) is 20.0. The number of fused-ring (bicyclic) bond motifs is 1. The molecule has 0 radical (unpaired) electrons. The number of aromatic hydroxyl groups is 1. The summed E-state index contributed by atoms with van der Waals surface area (Å²) in [6.45, 7) is 3.68. The first-order valence-corrected chi connectivity index (χ1v) is 30.5. The number of nitrogens with two attached hydrogens (primary N) is 3. The van der Waals surface area contributed by atoms with Crippen LogP contribution >= 0.6 is 0 Å². The van der Waals surface area contributed by atoms with E-state index < -0.39 is 120 Å². The number of hydrogen-bond acceptors (Lipinski definition) is 13. The number of carbonyl (C=O) groups is 9. The quantitative estimate of drug-likeness (QED) is 0.0458.